The molecule has 6 heteroatoms. The van der Waals surface area contributed by atoms with E-state index in [9.17, 15) is 14.4 Å². The van der Waals surface area contributed by atoms with Crippen LogP contribution in [0.2, 0.25) is 0 Å². The van der Waals surface area contributed by atoms with Crippen molar-refractivity contribution >= 4 is 17.8 Å². The minimum absolute atomic E-state index is 0.193. The molecule has 128 valence electrons. The van der Waals surface area contributed by atoms with Crippen LogP contribution >= 0.6 is 0 Å². The molecule has 24 heavy (non-hydrogen) atoms. The summed E-state index contributed by atoms with van der Waals surface area (Å²) in [6, 6.07) is 7.61. The number of fused-ring (bicyclic) bond motifs is 1. The van der Waals surface area contributed by atoms with Crippen LogP contribution in [0.1, 0.15) is 31.0 Å². The van der Waals surface area contributed by atoms with Gasteiger partial charge in [0.05, 0.1) is 7.11 Å². The summed E-state index contributed by atoms with van der Waals surface area (Å²) in [4.78, 5) is 39.3. The summed E-state index contributed by atoms with van der Waals surface area (Å²) in [6.07, 6.45) is 0. The average Bonchev–Trinajstić information content (AvgIpc) is 3.02. The standard InChI is InChI=1S/C18H22N2O4/c1-5-20-15(21)12-13(16(20)22)18(3,17(23)24-4)19-14(12)11-8-6-10(2)7-9-11/h6-9,12-14,19H,5H2,1-4H3/p+1/t12-,13-,14+,18+/m0/s1. The van der Waals surface area contributed by atoms with Gasteiger partial charge in [-0.15, -0.1) is 0 Å². The Hall–Kier alpha value is -2.21. The van der Waals surface area contributed by atoms with Crippen LogP contribution in [0.3, 0.4) is 0 Å². The number of benzene rings is 1. The molecule has 2 fully saturated rings. The molecule has 4 atom stereocenters. The second-order valence-electron chi connectivity index (χ2n) is 6.80. The van der Waals surface area contributed by atoms with Crippen LogP contribution in [-0.4, -0.2) is 41.9 Å². The second kappa shape index (κ2) is 5.70. The van der Waals surface area contributed by atoms with Crippen LogP contribution in [0, 0.1) is 18.8 Å². The molecular formula is C18H23N2O4+. The molecule has 1 aromatic rings. The fourth-order valence-electron chi connectivity index (χ4n) is 4.14. The molecule has 0 saturated carbocycles. The fraction of sp³-hybridized carbons (Fsp3) is 0.500. The van der Waals surface area contributed by atoms with E-state index in [2.05, 4.69) is 0 Å². The number of hydrogen-bond donors (Lipinski definition) is 1. The number of hydrogen-bond acceptors (Lipinski definition) is 4. The smallest absolute Gasteiger partial charge is 0.368 e. The average molecular weight is 331 g/mol. The molecule has 2 saturated heterocycles. The minimum Gasteiger partial charge on any atom is -0.464 e. The number of nitrogens with zero attached hydrogens (tertiary/aromatic N) is 1. The Labute approximate surface area is 141 Å². The Morgan fingerprint density at radius 1 is 1.25 bits per heavy atom. The maximum Gasteiger partial charge on any atom is 0.368 e. The van der Waals surface area contributed by atoms with Crippen molar-refractivity contribution in [3.05, 3.63) is 35.4 Å². The number of amides is 2. The van der Waals surface area contributed by atoms with Crippen LogP contribution in [0.25, 0.3) is 0 Å². The fourth-order valence-corrected chi connectivity index (χ4v) is 4.14. The maximum absolute atomic E-state index is 12.8. The van der Waals surface area contributed by atoms with E-state index in [1.54, 1.807) is 13.8 Å². The van der Waals surface area contributed by atoms with E-state index in [4.69, 9.17) is 4.74 Å². The van der Waals surface area contributed by atoms with Gasteiger partial charge in [0.15, 0.2) is 0 Å². The maximum atomic E-state index is 12.8. The summed E-state index contributed by atoms with van der Waals surface area (Å²) in [7, 11) is 1.31. The largest absolute Gasteiger partial charge is 0.464 e. The third kappa shape index (κ3) is 2.17. The molecule has 0 aliphatic carbocycles. The van der Waals surface area contributed by atoms with Crippen molar-refractivity contribution in [3.8, 4) is 0 Å². The number of carbonyl (C=O) groups is 3. The van der Waals surface area contributed by atoms with Crippen molar-refractivity contribution in [2.24, 2.45) is 11.8 Å². The van der Waals surface area contributed by atoms with E-state index in [1.807, 2.05) is 36.5 Å². The molecule has 2 aliphatic heterocycles. The number of likely N-dealkylation sites (tertiary alicyclic amines) is 1. The van der Waals surface area contributed by atoms with E-state index in [1.165, 1.54) is 12.0 Å². The summed E-state index contributed by atoms with van der Waals surface area (Å²) in [6.45, 7) is 5.79. The molecule has 3 rings (SSSR count). The van der Waals surface area contributed by atoms with E-state index < -0.39 is 23.3 Å². The first-order valence-corrected chi connectivity index (χ1v) is 8.21. The van der Waals surface area contributed by atoms with Gasteiger partial charge in [-0.05, 0) is 13.8 Å². The SMILES string of the molecule is CCN1C(=O)[C@@H]2[C@@H](c3ccc(C)cc3)[NH2+][C@@](C)(C(=O)OC)[C@@H]2C1=O. The molecule has 6 nitrogen and oxygen atoms in total. The van der Waals surface area contributed by atoms with Gasteiger partial charge in [0.1, 0.15) is 17.9 Å². The van der Waals surface area contributed by atoms with Gasteiger partial charge in [-0.3, -0.25) is 14.5 Å². The van der Waals surface area contributed by atoms with Crippen LogP contribution in [0.4, 0.5) is 0 Å². The highest BCUT2D eigenvalue weighted by molar-refractivity contribution is 6.08. The molecular weight excluding hydrogens is 308 g/mol. The van der Waals surface area contributed by atoms with Gasteiger partial charge in [0.2, 0.25) is 17.4 Å². The minimum atomic E-state index is -1.09. The Morgan fingerprint density at radius 2 is 1.88 bits per heavy atom. The number of imide groups is 1. The molecule has 2 amide bonds. The molecule has 2 N–H and O–H groups in total. The molecule has 0 radical (unpaired) electrons. The zero-order valence-electron chi connectivity index (χ0n) is 14.4. The molecule has 0 unspecified atom stereocenters. The third-order valence-corrected chi connectivity index (χ3v) is 5.40. The van der Waals surface area contributed by atoms with Gasteiger partial charge in [-0.25, -0.2) is 4.79 Å². The topological polar surface area (TPSA) is 80.3 Å². The molecule has 1 aromatic carbocycles. The first kappa shape index (κ1) is 16.6. The number of rotatable bonds is 3. The lowest BCUT2D eigenvalue weighted by molar-refractivity contribution is -0.731. The van der Waals surface area contributed by atoms with Gasteiger partial charge in [-0.2, -0.15) is 0 Å². The predicted octanol–water partition coefficient (Wildman–Crippen LogP) is 0.166. The van der Waals surface area contributed by atoms with Crippen molar-refractivity contribution in [1.82, 2.24) is 4.90 Å². The number of esters is 1. The number of aryl methyl sites for hydroxylation is 1. The lowest BCUT2D eigenvalue weighted by atomic mass is 9.80. The highest BCUT2D eigenvalue weighted by atomic mass is 16.5. The lowest BCUT2D eigenvalue weighted by Crippen LogP contribution is -2.97. The summed E-state index contributed by atoms with van der Waals surface area (Å²) in [5.41, 5.74) is 0.974. The Bertz CT molecular complexity index is 699. The van der Waals surface area contributed by atoms with Gasteiger partial charge in [0.25, 0.3) is 0 Å². The monoisotopic (exact) mass is 331 g/mol. The Kier molecular flexibility index (Phi) is 3.95. The summed E-state index contributed by atoms with van der Waals surface area (Å²) in [5, 5.41) is 1.83. The van der Waals surface area contributed by atoms with Crippen molar-refractivity contribution in [1.29, 1.82) is 0 Å². The number of carbonyl (C=O) groups excluding carboxylic acids is 3. The quantitative estimate of drug-likeness (QED) is 0.632. The van der Waals surface area contributed by atoms with Crippen LogP contribution in [0.15, 0.2) is 24.3 Å². The van der Waals surface area contributed by atoms with E-state index >= 15 is 0 Å². The van der Waals surface area contributed by atoms with Crippen molar-refractivity contribution in [3.63, 3.8) is 0 Å². The van der Waals surface area contributed by atoms with Crippen molar-refractivity contribution < 1.29 is 24.4 Å². The first-order valence-electron chi connectivity index (χ1n) is 8.21. The van der Waals surface area contributed by atoms with E-state index in [0.717, 1.165) is 11.1 Å². The summed E-state index contributed by atoms with van der Waals surface area (Å²) < 4.78 is 4.95. The van der Waals surface area contributed by atoms with Crippen LogP contribution < -0.4 is 5.32 Å². The summed E-state index contributed by atoms with van der Waals surface area (Å²) >= 11 is 0. The number of quaternary nitrogens is 1. The predicted molar refractivity (Wildman–Crippen MR) is 85.6 cm³/mol. The van der Waals surface area contributed by atoms with Crippen LogP contribution in [-0.2, 0) is 19.1 Å². The Morgan fingerprint density at radius 3 is 2.42 bits per heavy atom. The Balaban J connectivity index is 2.09. The van der Waals surface area contributed by atoms with Crippen LogP contribution in [0.5, 0.6) is 0 Å². The van der Waals surface area contributed by atoms with Gasteiger partial charge in [-0.1, -0.05) is 29.8 Å². The van der Waals surface area contributed by atoms with E-state index in [-0.39, 0.29) is 17.9 Å². The zero-order valence-corrected chi connectivity index (χ0v) is 14.4. The number of methoxy groups -OCH3 is 1. The van der Waals surface area contributed by atoms with E-state index in [0.29, 0.717) is 6.54 Å². The molecule has 0 bridgehead atoms. The van der Waals surface area contributed by atoms with Gasteiger partial charge >= 0.3 is 5.97 Å². The third-order valence-electron chi connectivity index (χ3n) is 5.40. The number of ether oxygens (including phenoxy) is 1. The molecule has 0 spiro atoms. The molecule has 2 aliphatic rings. The van der Waals surface area contributed by atoms with Crippen molar-refractivity contribution in [2.75, 3.05) is 13.7 Å². The van der Waals surface area contributed by atoms with Gasteiger partial charge < -0.3 is 10.1 Å². The highest BCUT2D eigenvalue weighted by Gasteiger charge is 2.70. The normalized spacial score (nSPS) is 32.2. The highest BCUT2D eigenvalue weighted by Crippen LogP contribution is 2.44. The second-order valence-corrected chi connectivity index (χ2v) is 6.80. The molecule has 0 aromatic heterocycles. The summed E-state index contributed by atoms with van der Waals surface area (Å²) in [5.74, 6) is -2.16. The molecule has 2 heterocycles. The van der Waals surface area contributed by atoms with Crippen molar-refractivity contribution in [2.45, 2.75) is 32.4 Å². The lowest BCUT2D eigenvalue weighted by Gasteiger charge is -2.25. The first-order chi connectivity index (χ1) is 11.3. The van der Waals surface area contributed by atoms with Gasteiger partial charge in [0, 0.05) is 19.0 Å². The number of nitrogens with two attached hydrogens (primary N) is 1. The zero-order chi connectivity index (χ0) is 17.6.